The molecule has 6 atom stereocenters. The molecule has 0 spiro atoms. The lowest BCUT2D eigenvalue weighted by atomic mass is 10.2. The summed E-state index contributed by atoms with van der Waals surface area (Å²) in [5, 5.41) is 3.40. The summed E-state index contributed by atoms with van der Waals surface area (Å²) in [6.07, 6.45) is 0. The van der Waals surface area contributed by atoms with E-state index in [2.05, 4.69) is 148 Å². The first-order chi connectivity index (χ1) is 12.6. The van der Waals surface area contributed by atoms with Gasteiger partial charge < -0.3 is 4.90 Å². The number of rotatable bonds is 12. The number of urea groups is 1. The van der Waals surface area contributed by atoms with Gasteiger partial charge in [-0.1, -0.05) is 143 Å². The molecular formula is C14H18Br9N3O. The maximum absolute atomic E-state index is 13.1. The molecule has 158 valence electrons. The summed E-state index contributed by atoms with van der Waals surface area (Å²) in [5.41, 5.74) is 0. The van der Waals surface area contributed by atoms with E-state index in [4.69, 9.17) is 6.57 Å². The van der Waals surface area contributed by atoms with Crippen molar-refractivity contribution in [3.05, 3.63) is 11.5 Å². The zero-order valence-corrected chi connectivity index (χ0v) is 28.1. The molecule has 0 radical (unpaired) electrons. The van der Waals surface area contributed by atoms with Gasteiger partial charge >= 0.3 is 6.03 Å². The zero-order valence-electron chi connectivity index (χ0n) is 13.9. The molecule has 0 fully saturated rings. The van der Waals surface area contributed by atoms with E-state index in [1.54, 1.807) is 4.90 Å². The van der Waals surface area contributed by atoms with E-state index in [1.165, 1.54) is 5.01 Å². The van der Waals surface area contributed by atoms with Crippen LogP contribution in [0.15, 0.2) is 0 Å². The lowest BCUT2D eigenvalue weighted by molar-refractivity contribution is 0.169. The summed E-state index contributed by atoms with van der Waals surface area (Å²) in [7, 11) is 0. The van der Waals surface area contributed by atoms with E-state index < -0.39 is 0 Å². The fourth-order valence-corrected chi connectivity index (χ4v) is 6.67. The summed E-state index contributed by atoms with van der Waals surface area (Å²) in [5.74, 6) is 0. The van der Waals surface area contributed by atoms with Crippen LogP contribution < -0.4 is 0 Å². The molecule has 2 amide bonds. The minimum absolute atomic E-state index is 0.0390. The van der Waals surface area contributed by atoms with Crippen molar-refractivity contribution in [1.82, 2.24) is 9.91 Å². The molecule has 13 heteroatoms. The molecule has 0 aromatic rings. The van der Waals surface area contributed by atoms with Crippen molar-refractivity contribution >= 4 is 149 Å². The molecule has 0 aromatic carbocycles. The third-order valence-corrected chi connectivity index (χ3v) is 15.9. The second-order valence-electron chi connectivity index (χ2n) is 5.43. The van der Waals surface area contributed by atoms with Crippen molar-refractivity contribution in [2.75, 3.05) is 35.6 Å². The van der Waals surface area contributed by atoms with Crippen LogP contribution in [-0.4, -0.2) is 80.5 Å². The molecule has 0 saturated heterocycles. The fourth-order valence-electron chi connectivity index (χ4n) is 1.78. The smallest absolute Gasteiger partial charge is 0.317 e. The Balaban J connectivity index is 5.35. The fraction of sp³-hybridized carbons (Fsp3) is 0.857. The number of carbonyl (C=O) groups is 1. The van der Waals surface area contributed by atoms with Gasteiger partial charge in [0.05, 0.1) is 4.83 Å². The van der Waals surface area contributed by atoms with Crippen molar-refractivity contribution in [3.8, 4) is 0 Å². The number of nitrogens with zero attached hydrogens (tertiary/aromatic N) is 3. The highest BCUT2D eigenvalue weighted by molar-refractivity contribution is 9.14. The van der Waals surface area contributed by atoms with Crippen LogP contribution in [0.3, 0.4) is 0 Å². The summed E-state index contributed by atoms with van der Waals surface area (Å²) in [6.45, 7) is 8.71. The van der Waals surface area contributed by atoms with Crippen LogP contribution in [0.4, 0.5) is 4.79 Å². The quantitative estimate of drug-likeness (QED) is 0.115. The Hall–Kier alpha value is 3.08. The number of carbonyl (C=O) groups excluding carboxylic acids is 1. The summed E-state index contributed by atoms with van der Waals surface area (Å²) < 4.78 is 0. The average molecular weight is 963 g/mol. The largest absolute Gasteiger partial charge is 0.385 e. The van der Waals surface area contributed by atoms with Crippen molar-refractivity contribution in [2.45, 2.75) is 29.0 Å². The maximum Gasteiger partial charge on any atom is 0.385 e. The number of hydrogen-bond donors (Lipinski definition) is 0. The van der Waals surface area contributed by atoms with Crippen LogP contribution in [0.25, 0.3) is 4.95 Å². The van der Waals surface area contributed by atoms with Crippen molar-refractivity contribution in [2.24, 2.45) is 0 Å². The molecule has 0 aliphatic heterocycles. The Labute approximate surface area is 237 Å². The van der Waals surface area contributed by atoms with E-state index in [9.17, 15) is 4.79 Å². The van der Waals surface area contributed by atoms with E-state index >= 15 is 0 Å². The first-order valence-corrected chi connectivity index (χ1v) is 16.4. The molecule has 0 aliphatic rings. The van der Waals surface area contributed by atoms with Crippen LogP contribution in [0, 0.1) is 6.57 Å². The predicted molar refractivity (Wildman–Crippen MR) is 148 cm³/mol. The molecule has 0 bridgehead atoms. The number of amides is 2. The van der Waals surface area contributed by atoms with Crippen molar-refractivity contribution in [3.63, 3.8) is 0 Å². The molecule has 4 nitrogen and oxygen atoms in total. The average Bonchev–Trinajstić information content (AvgIpc) is 2.68. The Morgan fingerprint density at radius 3 is 1.33 bits per heavy atom. The summed E-state index contributed by atoms with van der Waals surface area (Å²) >= 11 is 31.9. The van der Waals surface area contributed by atoms with E-state index in [0.29, 0.717) is 18.4 Å². The van der Waals surface area contributed by atoms with Crippen molar-refractivity contribution < 1.29 is 4.79 Å². The van der Waals surface area contributed by atoms with Crippen LogP contribution in [0.5, 0.6) is 0 Å². The predicted octanol–water partition coefficient (Wildman–Crippen LogP) is 7.31. The number of halogens is 9. The molecule has 0 heterocycles. The molecule has 0 N–H and O–H groups in total. The molecule has 0 aromatic heterocycles. The zero-order chi connectivity index (χ0) is 21.1. The Morgan fingerprint density at radius 1 is 0.704 bits per heavy atom. The van der Waals surface area contributed by atoms with Crippen LogP contribution in [0.2, 0.25) is 0 Å². The van der Waals surface area contributed by atoms with Gasteiger partial charge in [0.15, 0.2) is 0 Å². The Kier molecular flexibility index (Phi) is 18.6. The number of alkyl halides is 9. The molecule has 0 aliphatic carbocycles. The van der Waals surface area contributed by atoms with Gasteiger partial charge in [0.25, 0.3) is 0 Å². The van der Waals surface area contributed by atoms with Crippen LogP contribution in [-0.2, 0) is 0 Å². The Bertz CT molecular complexity index is 463. The van der Waals surface area contributed by atoms with Gasteiger partial charge in [-0.25, -0.2) is 4.79 Å². The SMILES string of the molecule is [C-]#[N+]N(CC(Br)C(Br)CBr)C(=O)N(CC(Br)C(Br)CBr)CC(Br)C(Br)CBr. The maximum atomic E-state index is 13.1. The van der Waals surface area contributed by atoms with Crippen LogP contribution in [0.1, 0.15) is 0 Å². The lowest BCUT2D eigenvalue weighted by Gasteiger charge is -2.30. The molecule has 27 heavy (non-hydrogen) atoms. The van der Waals surface area contributed by atoms with Gasteiger partial charge in [-0.15, -0.1) is 0 Å². The third-order valence-electron chi connectivity index (χ3n) is 3.37. The highest BCUT2D eigenvalue weighted by atomic mass is 79.9. The second-order valence-corrected chi connectivity index (χ2v) is 14.4. The molecule has 0 rings (SSSR count). The normalized spacial score (nSPS) is 17.9. The van der Waals surface area contributed by atoms with E-state index in [1.807, 2.05) is 0 Å². The first-order valence-electron chi connectivity index (χ1n) is 7.58. The highest BCUT2D eigenvalue weighted by Crippen LogP contribution is 2.24. The monoisotopic (exact) mass is 954 g/mol. The first kappa shape index (κ1) is 30.1. The van der Waals surface area contributed by atoms with E-state index in [-0.39, 0.29) is 41.5 Å². The van der Waals surface area contributed by atoms with E-state index in [0.717, 1.165) is 10.7 Å². The minimum atomic E-state index is -0.304. The summed E-state index contributed by atoms with van der Waals surface area (Å²) in [6, 6.07) is -0.304. The van der Waals surface area contributed by atoms with Gasteiger partial charge in [0, 0.05) is 53.2 Å². The van der Waals surface area contributed by atoms with Crippen molar-refractivity contribution in [1.29, 1.82) is 0 Å². The summed E-state index contributed by atoms with van der Waals surface area (Å²) in [4.78, 5) is 18.7. The van der Waals surface area contributed by atoms with Crippen LogP contribution >= 0.6 is 143 Å². The molecule has 6 unspecified atom stereocenters. The van der Waals surface area contributed by atoms with Gasteiger partial charge in [0.2, 0.25) is 0 Å². The van der Waals surface area contributed by atoms with Gasteiger partial charge in [0.1, 0.15) is 6.54 Å². The minimum Gasteiger partial charge on any atom is -0.317 e. The molecular weight excluding hydrogens is 945 g/mol. The highest BCUT2D eigenvalue weighted by Gasteiger charge is 2.33. The number of hydrogen-bond acceptors (Lipinski definition) is 1. The molecule has 0 saturated carbocycles. The second kappa shape index (κ2) is 16.7. The topological polar surface area (TPSA) is 27.9 Å². The standard InChI is InChI=1S/C14H18Br9N3O/c1-24-26(7-13(23)10(20)4-17)14(27)25(5-11(21)8(18)2-15)6-12(22)9(19)3-16/h8-13H,2-7H2. The Morgan fingerprint density at radius 2 is 1.04 bits per heavy atom. The third kappa shape index (κ3) is 11.5. The van der Waals surface area contributed by atoms with Gasteiger partial charge in [-0.2, -0.15) is 11.5 Å². The van der Waals surface area contributed by atoms with Gasteiger partial charge in [-0.3, -0.25) is 0 Å². The lowest BCUT2D eigenvalue weighted by Crippen LogP contribution is -2.49. The van der Waals surface area contributed by atoms with Gasteiger partial charge in [-0.05, 0) is 5.01 Å².